The number of nitrogens with zero attached hydrogens (tertiary/aromatic N) is 2. The third kappa shape index (κ3) is 4.18. The minimum Gasteiger partial charge on any atom is -0.484 e. The van der Waals surface area contributed by atoms with E-state index in [0.717, 1.165) is 26.9 Å². The number of aromatic amines is 1. The van der Waals surface area contributed by atoms with Crippen LogP contribution in [0.4, 0.5) is 5.69 Å². The first-order valence-electron chi connectivity index (χ1n) is 9.78. The van der Waals surface area contributed by atoms with Gasteiger partial charge in [-0.2, -0.15) is 5.26 Å². The van der Waals surface area contributed by atoms with Crippen molar-refractivity contribution < 1.29 is 14.3 Å². The number of allylic oxidation sites excluding steroid dienone is 1. The summed E-state index contributed by atoms with van der Waals surface area (Å²) in [7, 11) is 0. The minimum atomic E-state index is -0.402. The topological polar surface area (TPSA) is 126 Å². The zero-order valence-corrected chi connectivity index (χ0v) is 19.0. The molecule has 2 heterocycles. The van der Waals surface area contributed by atoms with Crippen molar-refractivity contribution in [2.45, 2.75) is 19.8 Å². The van der Waals surface area contributed by atoms with Gasteiger partial charge in [-0.3, -0.25) is 9.89 Å². The molecule has 0 spiro atoms. The highest BCUT2D eigenvalue weighted by atomic mass is 79.9. The molecular formula is C23H20BrN5O3. The van der Waals surface area contributed by atoms with Crippen LogP contribution < -0.4 is 20.5 Å². The van der Waals surface area contributed by atoms with Crippen molar-refractivity contribution in [3.63, 3.8) is 0 Å². The van der Waals surface area contributed by atoms with Gasteiger partial charge in [-0.05, 0) is 55.3 Å². The third-order valence-electron chi connectivity index (χ3n) is 5.15. The number of amides is 1. The molecule has 0 bridgehead atoms. The number of rotatable bonds is 5. The predicted molar refractivity (Wildman–Crippen MR) is 122 cm³/mol. The van der Waals surface area contributed by atoms with Crippen LogP contribution in [0, 0.1) is 25.2 Å². The molecule has 8 nitrogen and oxygen atoms in total. The second-order valence-corrected chi connectivity index (χ2v) is 8.22. The number of aryl methyl sites for hydroxylation is 2. The highest BCUT2D eigenvalue weighted by Gasteiger charge is 2.34. The fourth-order valence-electron chi connectivity index (χ4n) is 3.56. The van der Waals surface area contributed by atoms with Gasteiger partial charge >= 0.3 is 0 Å². The molecule has 1 aliphatic rings. The van der Waals surface area contributed by atoms with Gasteiger partial charge in [0.15, 0.2) is 6.61 Å². The molecule has 0 aliphatic carbocycles. The van der Waals surface area contributed by atoms with Crippen LogP contribution in [0.1, 0.15) is 28.3 Å². The zero-order valence-electron chi connectivity index (χ0n) is 17.4. The molecule has 32 heavy (non-hydrogen) atoms. The molecule has 1 aliphatic heterocycles. The molecule has 1 amide bonds. The van der Waals surface area contributed by atoms with Crippen LogP contribution in [-0.2, 0) is 4.79 Å². The number of anilines is 1. The number of aromatic nitrogens is 2. The van der Waals surface area contributed by atoms with E-state index in [0.29, 0.717) is 22.9 Å². The normalized spacial score (nSPS) is 14.9. The fourth-order valence-corrected chi connectivity index (χ4v) is 3.80. The number of nitrogens with one attached hydrogen (secondary N) is 2. The van der Waals surface area contributed by atoms with Crippen LogP contribution in [0.25, 0.3) is 0 Å². The van der Waals surface area contributed by atoms with E-state index in [1.165, 1.54) is 0 Å². The molecule has 4 N–H and O–H groups in total. The molecule has 0 radical (unpaired) electrons. The number of nitriles is 1. The van der Waals surface area contributed by atoms with Gasteiger partial charge in [-0.15, -0.1) is 5.10 Å². The zero-order chi connectivity index (χ0) is 22.8. The number of hydrogen-bond donors (Lipinski definition) is 3. The van der Waals surface area contributed by atoms with E-state index >= 15 is 0 Å². The Hall–Kier alpha value is -3.77. The number of benzene rings is 2. The lowest BCUT2D eigenvalue weighted by Crippen LogP contribution is -2.21. The van der Waals surface area contributed by atoms with Crippen molar-refractivity contribution in [2.24, 2.45) is 5.73 Å². The summed E-state index contributed by atoms with van der Waals surface area (Å²) in [6.07, 6.45) is 0. The van der Waals surface area contributed by atoms with E-state index in [1.54, 1.807) is 12.1 Å². The average Bonchev–Trinajstić information content (AvgIpc) is 3.14. The second-order valence-electron chi connectivity index (χ2n) is 7.36. The summed E-state index contributed by atoms with van der Waals surface area (Å²) in [4.78, 5) is 12.2. The second kappa shape index (κ2) is 8.77. The van der Waals surface area contributed by atoms with Crippen molar-refractivity contribution in [3.8, 4) is 17.7 Å². The van der Waals surface area contributed by atoms with E-state index in [-0.39, 0.29) is 18.4 Å². The molecule has 0 fully saturated rings. The SMILES string of the molecule is Cc1cc(NC(=O)COc2ccc(C3C(C#N)=C(N)Oc4n[nH]c(C)c43)cc2)ccc1Br. The monoisotopic (exact) mass is 493 g/mol. The van der Waals surface area contributed by atoms with Crippen LogP contribution in [0.5, 0.6) is 11.6 Å². The first-order valence-corrected chi connectivity index (χ1v) is 10.6. The Balaban J connectivity index is 1.46. The number of hydrogen-bond acceptors (Lipinski definition) is 6. The van der Waals surface area contributed by atoms with Gasteiger partial charge in [0.25, 0.3) is 5.91 Å². The molecule has 4 rings (SSSR count). The molecule has 162 valence electrons. The van der Waals surface area contributed by atoms with Gasteiger partial charge in [0.05, 0.1) is 5.92 Å². The summed E-state index contributed by atoms with van der Waals surface area (Å²) in [5.74, 6) is 0.269. The van der Waals surface area contributed by atoms with Crippen molar-refractivity contribution in [1.82, 2.24) is 10.2 Å². The maximum Gasteiger partial charge on any atom is 0.262 e. The fraction of sp³-hybridized carbons (Fsp3) is 0.174. The highest BCUT2D eigenvalue weighted by Crippen LogP contribution is 2.42. The highest BCUT2D eigenvalue weighted by molar-refractivity contribution is 9.10. The summed E-state index contributed by atoms with van der Waals surface area (Å²) in [5, 5.41) is 19.4. The van der Waals surface area contributed by atoms with Crippen molar-refractivity contribution >= 4 is 27.5 Å². The molecule has 1 unspecified atom stereocenters. The maximum atomic E-state index is 12.2. The van der Waals surface area contributed by atoms with Crippen molar-refractivity contribution in [2.75, 3.05) is 11.9 Å². The number of nitrogens with two attached hydrogens (primary N) is 1. The summed E-state index contributed by atoms with van der Waals surface area (Å²) < 4.78 is 12.1. The lowest BCUT2D eigenvalue weighted by atomic mass is 9.84. The Morgan fingerprint density at radius 1 is 1.31 bits per heavy atom. The van der Waals surface area contributed by atoms with Crippen molar-refractivity contribution in [1.29, 1.82) is 5.26 Å². The number of carbonyl (C=O) groups excluding carboxylic acids is 1. The van der Waals surface area contributed by atoms with E-state index in [1.807, 2.05) is 44.2 Å². The first kappa shape index (κ1) is 21.5. The Labute approximate surface area is 193 Å². The number of halogens is 1. The van der Waals surface area contributed by atoms with Gasteiger partial charge in [0.1, 0.15) is 17.4 Å². The Bertz CT molecular complexity index is 1260. The Morgan fingerprint density at radius 3 is 2.75 bits per heavy atom. The Kier molecular flexibility index (Phi) is 5.88. The smallest absolute Gasteiger partial charge is 0.262 e. The van der Waals surface area contributed by atoms with Crippen LogP contribution in [0.3, 0.4) is 0 Å². The molecule has 0 saturated heterocycles. The first-order chi connectivity index (χ1) is 15.4. The van der Waals surface area contributed by atoms with Gasteiger partial charge < -0.3 is 20.5 Å². The summed E-state index contributed by atoms with van der Waals surface area (Å²) in [6.45, 7) is 3.68. The maximum absolute atomic E-state index is 12.2. The quantitative estimate of drug-likeness (QED) is 0.492. The van der Waals surface area contributed by atoms with Gasteiger partial charge in [0, 0.05) is 21.4 Å². The van der Waals surface area contributed by atoms with E-state index in [9.17, 15) is 10.1 Å². The van der Waals surface area contributed by atoms with E-state index in [4.69, 9.17) is 15.2 Å². The van der Waals surface area contributed by atoms with Crippen LogP contribution >= 0.6 is 15.9 Å². The number of carbonyl (C=O) groups is 1. The number of ether oxygens (including phenoxy) is 2. The largest absolute Gasteiger partial charge is 0.484 e. The van der Waals surface area contributed by atoms with Gasteiger partial charge in [-0.1, -0.05) is 28.1 Å². The minimum absolute atomic E-state index is 0.0386. The van der Waals surface area contributed by atoms with Crippen LogP contribution in [0.2, 0.25) is 0 Å². The predicted octanol–water partition coefficient (Wildman–Crippen LogP) is 4.02. The van der Waals surface area contributed by atoms with Crippen LogP contribution in [0.15, 0.2) is 58.4 Å². The lowest BCUT2D eigenvalue weighted by molar-refractivity contribution is -0.118. The van der Waals surface area contributed by atoms with Crippen molar-refractivity contribution in [3.05, 3.63) is 80.8 Å². The van der Waals surface area contributed by atoms with E-state index in [2.05, 4.69) is 37.5 Å². The molecule has 3 aromatic rings. The standard InChI is InChI=1S/C23H20BrN5O3/c1-12-9-15(5-8-18(12)24)27-19(30)11-31-16-6-3-14(4-7-16)21-17(10-25)22(26)32-23-20(21)13(2)28-29-23/h3-9,21H,11,26H2,1-2H3,(H,27,30)(H,28,29). The van der Waals surface area contributed by atoms with Gasteiger partial charge in [-0.25, -0.2) is 0 Å². The average molecular weight is 494 g/mol. The molecule has 9 heteroatoms. The van der Waals surface area contributed by atoms with Crippen LogP contribution in [-0.4, -0.2) is 22.7 Å². The number of fused-ring (bicyclic) bond motifs is 1. The lowest BCUT2D eigenvalue weighted by Gasteiger charge is -2.23. The summed E-state index contributed by atoms with van der Waals surface area (Å²) >= 11 is 3.44. The number of H-pyrrole nitrogens is 1. The molecule has 1 atom stereocenters. The van der Waals surface area contributed by atoms with Gasteiger partial charge in [0.2, 0.25) is 11.8 Å². The third-order valence-corrected chi connectivity index (χ3v) is 6.04. The summed E-state index contributed by atoms with van der Waals surface area (Å²) in [6, 6.07) is 14.9. The van der Waals surface area contributed by atoms with E-state index < -0.39 is 5.92 Å². The molecular weight excluding hydrogens is 474 g/mol. The Morgan fingerprint density at radius 2 is 2.06 bits per heavy atom. The molecule has 1 aromatic heterocycles. The molecule has 0 saturated carbocycles. The molecule has 2 aromatic carbocycles. The summed E-state index contributed by atoms with van der Waals surface area (Å²) in [5.41, 5.74) is 10.4.